The number of aliphatic hydroxyl groups excluding tert-OH is 1. The Labute approximate surface area is 208 Å². The third-order valence-corrected chi connectivity index (χ3v) is 9.93. The number of allylic oxidation sites excluding steroid dienone is 1. The van der Waals surface area contributed by atoms with E-state index in [9.17, 15) is 24.3 Å². The van der Waals surface area contributed by atoms with E-state index in [1.807, 2.05) is 19.9 Å². The minimum absolute atomic E-state index is 0.0122. The van der Waals surface area contributed by atoms with Gasteiger partial charge in [0.25, 0.3) is 0 Å². The Balaban J connectivity index is 1.74. The summed E-state index contributed by atoms with van der Waals surface area (Å²) < 4.78 is 11.1. The Morgan fingerprint density at radius 2 is 1.91 bits per heavy atom. The fraction of sp³-hybridized carbons (Fsp3) is 0.786. The highest BCUT2D eigenvalue weighted by atomic mass is 16.6. The van der Waals surface area contributed by atoms with E-state index in [1.165, 1.54) is 6.92 Å². The molecule has 0 spiro atoms. The Morgan fingerprint density at radius 1 is 1.20 bits per heavy atom. The van der Waals surface area contributed by atoms with E-state index in [4.69, 9.17) is 9.47 Å². The number of Topliss-reactive ketones (excluding diaryl/α,β-unsaturated/α-hetero) is 1. The molecular formula is C28H40O7. The van der Waals surface area contributed by atoms with E-state index in [0.717, 1.165) is 18.4 Å². The second-order valence-corrected chi connectivity index (χ2v) is 11.9. The standard InChI is InChI=1S/C28H40O7/c1-6-7-24(33)35-28(23(32)15-34-17(3)29)11-9-20-19-12-16(2)21-13-18(30)8-10-26(21,4)25(19)22(31)14-27(20,28)5/h13,16,19-20,22,25,31H,6-12,14-15H2,1-5H3/t16-,19-,20-,22-,25+,26?,27+,28+/m0/s1. The first-order valence-corrected chi connectivity index (χ1v) is 13.2. The summed E-state index contributed by atoms with van der Waals surface area (Å²) in [6.45, 7) is 9.03. The highest BCUT2D eigenvalue weighted by molar-refractivity contribution is 5.93. The van der Waals surface area contributed by atoms with Crippen LogP contribution in [0.15, 0.2) is 11.6 Å². The Bertz CT molecular complexity index is 953. The number of ketones is 2. The number of aliphatic hydroxyl groups is 1. The lowest BCUT2D eigenvalue weighted by Crippen LogP contribution is -2.63. The first-order valence-electron chi connectivity index (χ1n) is 13.2. The van der Waals surface area contributed by atoms with Crippen LogP contribution in [0.4, 0.5) is 0 Å². The number of rotatable bonds is 6. The monoisotopic (exact) mass is 488 g/mol. The Kier molecular flexibility index (Phi) is 6.80. The molecule has 1 N–H and O–H groups in total. The van der Waals surface area contributed by atoms with Gasteiger partial charge in [-0.25, -0.2) is 0 Å². The van der Waals surface area contributed by atoms with E-state index < -0.39 is 41.4 Å². The first kappa shape index (κ1) is 26.1. The summed E-state index contributed by atoms with van der Waals surface area (Å²) >= 11 is 0. The molecule has 0 radical (unpaired) electrons. The van der Waals surface area contributed by atoms with Gasteiger partial charge >= 0.3 is 11.9 Å². The van der Waals surface area contributed by atoms with Gasteiger partial charge in [-0.2, -0.15) is 0 Å². The van der Waals surface area contributed by atoms with Crippen LogP contribution in [-0.2, 0) is 28.7 Å². The van der Waals surface area contributed by atoms with Crippen LogP contribution in [0.5, 0.6) is 0 Å². The van der Waals surface area contributed by atoms with Gasteiger partial charge in [0, 0.05) is 25.2 Å². The molecule has 35 heavy (non-hydrogen) atoms. The van der Waals surface area contributed by atoms with Crippen molar-refractivity contribution in [3.63, 3.8) is 0 Å². The summed E-state index contributed by atoms with van der Waals surface area (Å²) in [7, 11) is 0. The minimum atomic E-state index is -1.42. The number of carbonyl (C=O) groups excluding carboxylic acids is 4. The van der Waals surface area contributed by atoms with Crippen molar-refractivity contribution in [1.82, 2.24) is 0 Å². The molecule has 7 heteroatoms. The van der Waals surface area contributed by atoms with Gasteiger partial charge in [0.15, 0.2) is 18.0 Å². The number of carbonyl (C=O) groups is 4. The van der Waals surface area contributed by atoms with Crippen molar-refractivity contribution in [2.75, 3.05) is 6.61 Å². The van der Waals surface area contributed by atoms with Gasteiger partial charge in [-0.05, 0) is 73.7 Å². The number of hydrogen-bond acceptors (Lipinski definition) is 7. The number of fused-ring (bicyclic) bond motifs is 5. The van der Waals surface area contributed by atoms with Crippen LogP contribution in [0.3, 0.4) is 0 Å². The fourth-order valence-corrected chi connectivity index (χ4v) is 8.52. The van der Waals surface area contributed by atoms with E-state index in [2.05, 4.69) is 13.8 Å². The number of hydrogen-bond donors (Lipinski definition) is 1. The van der Waals surface area contributed by atoms with Gasteiger partial charge in [0.1, 0.15) is 0 Å². The third-order valence-electron chi connectivity index (χ3n) is 9.93. The lowest BCUT2D eigenvalue weighted by molar-refractivity contribution is -0.204. The maximum atomic E-state index is 13.6. The van der Waals surface area contributed by atoms with Gasteiger partial charge in [0.05, 0.1) is 6.10 Å². The SMILES string of the molecule is CCCC(=O)O[C@@]1(C(=O)COC(C)=O)CC[C@H]2[C@@H]3C[C@H](C)C4=CC(=O)CCC4(C)[C@H]3[C@@H](O)C[C@]21C. The molecule has 0 aromatic rings. The summed E-state index contributed by atoms with van der Waals surface area (Å²) in [6, 6.07) is 0. The normalized spacial score (nSPS) is 42.3. The molecule has 0 aliphatic heterocycles. The fourth-order valence-electron chi connectivity index (χ4n) is 8.52. The molecule has 0 amide bonds. The van der Waals surface area contributed by atoms with Crippen molar-refractivity contribution >= 4 is 23.5 Å². The average Bonchev–Trinajstić information content (AvgIpc) is 3.05. The molecule has 4 aliphatic carbocycles. The van der Waals surface area contributed by atoms with Crippen LogP contribution in [0.1, 0.15) is 86.0 Å². The van der Waals surface area contributed by atoms with Crippen LogP contribution < -0.4 is 0 Å². The summed E-state index contributed by atoms with van der Waals surface area (Å²) in [4.78, 5) is 50.1. The summed E-state index contributed by atoms with van der Waals surface area (Å²) in [6.07, 6.45) is 5.37. The van der Waals surface area contributed by atoms with Crippen LogP contribution in [0.2, 0.25) is 0 Å². The van der Waals surface area contributed by atoms with Crippen LogP contribution >= 0.6 is 0 Å². The zero-order valence-electron chi connectivity index (χ0n) is 21.7. The molecule has 3 saturated carbocycles. The zero-order chi connectivity index (χ0) is 25.8. The van der Waals surface area contributed by atoms with E-state index >= 15 is 0 Å². The molecule has 0 bridgehead atoms. The molecular weight excluding hydrogens is 448 g/mol. The van der Waals surface area contributed by atoms with E-state index in [-0.39, 0.29) is 41.3 Å². The van der Waals surface area contributed by atoms with Crippen molar-refractivity contribution < 1.29 is 33.8 Å². The van der Waals surface area contributed by atoms with Crippen molar-refractivity contribution in [3.05, 3.63) is 11.6 Å². The molecule has 0 aromatic carbocycles. The van der Waals surface area contributed by atoms with Crippen LogP contribution in [0.25, 0.3) is 0 Å². The van der Waals surface area contributed by atoms with Crippen molar-refractivity contribution in [1.29, 1.82) is 0 Å². The quantitative estimate of drug-likeness (QED) is 0.564. The average molecular weight is 489 g/mol. The maximum absolute atomic E-state index is 13.6. The minimum Gasteiger partial charge on any atom is -0.458 e. The molecule has 3 fully saturated rings. The van der Waals surface area contributed by atoms with Crippen LogP contribution in [-0.4, -0.2) is 46.9 Å². The second-order valence-electron chi connectivity index (χ2n) is 11.9. The van der Waals surface area contributed by atoms with Gasteiger partial charge in [0.2, 0.25) is 5.78 Å². The third kappa shape index (κ3) is 3.98. The molecule has 1 unspecified atom stereocenters. The molecule has 8 atom stereocenters. The second kappa shape index (κ2) is 9.13. The molecule has 0 aromatic heterocycles. The predicted octanol–water partition coefficient (Wildman–Crippen LogP) is 3.95. The maximum Gasteiger partial charge on any atom is 0.306 e. The molecule has 194 valence electrons. The Morgan fingerprint density at radius 3 is 2.57 bits per heavy atom. The predicted molar refractivity (Wildman–Crippen MR) is 128 cm³/mol. The highest BCUT2D eigenvalue weighted by Gasteiger charge is 2.71. The highest BCUT2D eigenvalue weighted by Crippen LogP contribution is 2.69. The molecule has 7 nitrogen and oxygen atoms in total. The Hall–Kier alpha value is -2.02. The first-order chi connectivity index (χ1) is 16.4. The molecule has 4 rings (SSSR count). The molecule has 0 heterocycles. The van der Waals surface area contributed by atoms with Gasteiger partial charge in [-0.1, -0.05) is 33.3 Å². The van der Waals surface area contributed by atoms with Gasteiger partial charge in [-0.15, -0.1) is 0 Å². The summed E-state index contributed by atoms with van der Waals surface area (Å²) in [5.74, 6) is -0.814. The van der Waals surface area contributed by atoms with Crippen molar-refractivity contribution in [3.8, 4) is 0 Å². The topological polar surface area (TPSA) is 107 Å². The molecule has 0 saturated heterocycles. The lowest BCUT2D eigenvalue weighted by atomic mass is 9.44. The smallest absolute Gasteiger partial charge is 0.306 e. The van der Waals surface area contributed by atoms with Gasteiger partial charge < -0.3 is 14.6 Å². The summed E-state index contributed by atoms with van der Waals surface area (Å²) in [5, 5.41) is 11.7. The zero-order valence-corrected chi connectivity index (χ0v) is 21.7. The number of esters is 2. The van der Waals surface area contributed by atoms with Crippen molar-refractivity contribution in [2.24, 2.45) is 34.5 Å². The summed E-state index contributed by atoms with van der Waals surface area (Å²) in [5.41, 5.74) is -1.30. The molecule has 4 aliphatic rings. The van der Waals surface area contributed by atoms with Gasteiger partial charge in [-0.3, -0.25) is 19.2 Å². The van der Waals surface area contributed by atoms with Crippen molar-refractivity contribution in [2.45, 2.75) is 97.7 Å². The van der Waals surface area contributed by atoms with Crippen LogP contribution in [0, 0.1) is 34.5 Å². The largest absolute Gasteiger partial charge is 0.458 e. The van der Waals surface area contributed by atoms with E-state index in [0.29, 0.717) is 32.1 Å². The van der Waals surface area contributed by atoms with E-state index in [1.54, 1.807) is 0 Å². The number of ether oxygens (including phenoxy) is 2. The lowest BCUT2D eigenvalue weighted by Gasteiger charge is -2.62.